The minimum absolute atomic E-state index is 0.0192. The molecule has 152 valence electrons. The number of ketones is 1. The number of hydrogen-bond donors (Lipinski definition) is 0. The van der Waals surface area contributed by atoms with Crippen LogP contribution >= 0.6 is 0 Å². The minimum Gasteiger partial charge on any atom is -0.456 e. The topological polar surface area (TPSA) is 52.2 Å². The van der Waals surface area contributed by atoms with E-state index in [1.54, 1.807) is 6.92 Å². The molecule has 0 saturated carbocycles. The smallest absolute Gasteiger partial charge is 0.193 e. The van der Waals surface area contributed by atoms with Crippen molar-refractivity contribution in [3.8, 4) is 17.0 Å². The molecule has 4 heteroatoms. The Labute approximate surface area is 179 Å². The van der Waals surface area contributed by atoms with Gasteiger partial charge in [0.2, 0.25) is 0 Å². The van der Waals surface area contributed by atoms with E-state index in [1.807, 2.05) is 85.1 Å². The van der Waals surface area contributed by atoms with E-state index in [0.717, 1.165) is 33.4 Å². The second-order valence-corrected chi connectivity index (χ2v) is 7.89. The zero-order valence-corrected chi connectivity index (χ0v) is 17.6. The van der Waals surface area contributed by atoms with Crippen LogP contribution in [0.2, 0.25) is 0 Å². The van der Waals surface area contributed by atoms with Gasteiger partial charge in [-0.2, -0.15) is 0 Å². The fraction of sp³-hybridized carbons (Fsp3) is 0.111. The van der Waals surface area contributed by atoms with E-state index >= 15 is 0 Å². The molecule has 31 heavy (non-hydrogen) atoms. The van der Waals surface area contributed by atoms with E-state index in [4.69, 9.17) is 4.42 Å². The monoisotopic (exact) mass is 407 g/mol. The van der Waals surface area contributed by atoms with E-state index in [0.29, 0.717) is 22.3 Å². The lowest BCUT2D eigenvalue weighted by Gasteiger charge is -2.10. The lowest BCUT2D eigenvalue weighted by atomic mass is 10.1. The van der Waals surface area contributed by atoms with Gasteiger partial charge in [0.15, 0.2) is 11.2 Å². The minimum atomic E-state index is -0.110. The van der Waals surface area contributed by atoms with Crippen LogP contribution < -0.4 is 5.43 Å². The quantitative estimate of drug-likeness (QED) is 0.334. The fourth-order valence-corrected chi connectivity index (χ4v) is 4.28. The lowest BCUT2D eigenvalue weighted by Crippen LogP contribution is -2.01. The van der Waals surface area contributed by atoms with Crippen LogP contribution in [0, 0.1) is 13.8 Å². The van der Waals surface area contributed by atoms with Gasteiger partial charge in [0.05, 0.1) is 10.9 Å². The molecule has 2 aromatic heterocycles. The largest absolute Gasteiger partial charge is 0.456 e. The normalized spacial score (nSPS) is 11.3. The van der Waals surface area contributed by atoms with Gasteiger partial charge in [-0.15, -0.1) is 0 Å². The molecule has 4 nitrogen and oxygen atoms in total. The van der Waals surface area contributed by atoms with E-state index in [1.165, 1.54) is 6.07 Å². The molecule has 5 rings (SSSR count). The highest BCUT2D eigenvalue weighted by atomic mass is 16.3. The van der Waals surface area contributed by atoms with E-state index in [9.17, 15) is 9.59 Å². The molecular formula is C27H21NO3. The first kappa shape index (κ1) is 19.1. The van der Waals surface area contributed by atoms with Crippen LogP contribution in [0.5, 0.6) is 0 Å². The van der Waals surface area contributed by atoms with Crippen LogP contribution in [0.1, 0.15) is 28.5 Å². The molecule has 0 bridgehead atoms. The summed E-state index contributed by atoms with van der Waals surface area (Å²) in [5.74, 6) is 0.491. The van der Waals surface area contributed by atoms with Crippen molar-refractivity contribution in [1.29, 1.82) is 0 Å². The van der Waals surface area contributed by atoms with Crippen molar-refractivity contribution in [3.63, 3.8) is 0 Å². The molecule has 0 fully saturated rings. The van der Waals surface area contributed by atoms with Crippen molar-refractivity contribution in [1.82, 2.24) is 4.57 Å². The molecule has 0 spiro atoms. The summed E-state index contributed by atoms with van der Waals surface area (Å²) in [5.41, 5.74) is 5.61. The summed E-state index contributed by atoms with van der Waals surface area (Å²) in [7, 11) is 0. The summed E-state index contributed by atoms with van der Waals surface area (Å²) in [6.07, 6.45) is 0. The second-order valence-electron chi connectivity index (χ2n) is 7.89. The molecule has 3 aromatic carbocycles. The Morgan fingerprint density at radius 1 is 0.871 bits per heavy atom. The number of carbonyl (C=O) groups excluding carboxylic acids is 1. The molecule has 0 saturated heterocycles. The van der Waals surface area contributed by atoms with Crippen molar-refractivity contribution in [2.45, 2.75) is 20.8 Å². The van der Waals surface area contributed by atoms with Crippen LogP contribution in [0.4, 0.5) is 0 Å². The Bertz CT molecular complexity index is 1520. The highest BCUT2D eigenvalue weighted by Crippen LogP contribution is 2.33. The molecule has 0 amide bonds. The van der Waals surface area contributed by atoms with Crippen molar-refractivity contribution in [2.75, 3.05) is 0 Å². The Balaban J connectivity index is 1.86. The number of rotatable bonds is 3. The first-order valence-corrected chi connectivity index (χ1v) is 10.2. The number of nitrogens with zero attached hydrogens (tertiary/aromatic N) is 1. The average Bonchev–Trinajstić information content (AvgIpc) is 3.04. The van der Waals surface area contributed by atoms with Crippen LogP contribution in [0.3, 0.4) is 0 Å². The van der Waals surface area contributed by atoms with E-state index < -0.39 is 0 Å². The predicted molar refractivity (Wildman–Crippen MR) is 124 cm³/mol. The lowest BCUT2D eigenvalue weighted by molar-refractivity contribution is 0.101. The summed E-state index contributed by atoms with van der Waals surface area (Å²) in [4.78, 5) is 25.6. The molecule has 0 aliphatic carbocycles. The Kier molecular flexibility index (Phi) is 4.36. The van der Waals surface area contributed by atoms with E-state index in [-0.39, 0.29) is 11.2 Å². The SMILES string of the molecule is CC(=O)c1c(C)n(-c2ccc(C)cc2)c2cc3c(=O)cc(-c4ccccc4)oc3cc12. The standard InChI is InChI=1S/C27H21NO3/c1-16-9-11-20(12-10-16)28-17(2)27(18(3)29)21-14-26-22(13-23(21)28)24(30)15-25(31-26)19-7-5-4-6-8-19/h4-15H,1-3H3. The van der Waals surface area contributed by atoms with Crippen molar-refractivity contribution < 1.29 is 9.21 Å². The first-order valence-electron chi connectivity index (χ1n) is 10.2. The van der Waals surface area contributed by atoms with E-state index in [2.05, 4.69) is 0 Å². The molecule has 0 aliphatic rings. The third kappa shape index (κ3) is 3.08. The van der Waals surface area contributed by atoms with Gasteiger partial charge in [-0.3, -0.25) is 9.59 Å². The van der Waals surface area contributed by atoms with Gasteiger partial charge in [0, 0.05) is 34.0 Å². The van der Waals surface area contributed by atoms with Gasteiger partial charge in [-0.05, 0) is 45.0 Å². The third-order valence-corrected chi connectivity index (χ3v) is 5.76. The van der Waals surface area contributed by atoms with Crippen LogP contribution in [0.25, 0.3) is 38.9 Å². The Hall–Kier alpha value is -3.92. The predicted octanol–water partition coefficient (Wildman–Crippen LogP) is 6.22. The average molecular weight is 407 g/mol. The maximum atomic E-state index is 13.0. The highest BCUT2D eigenvalue weighted by Gasteiger charge is 2.20. The van der Waals surface area contributed by atoms with Crippen LogP contribution in [-0.2, 0) is 0 Å². The van der Waals surface area contributed by atoms with Gasteiger partial charge < -0.3 is 8.98 Å². The maximum Gasteiger partial charge on any atom is 0.193 e. The molecule has 0 aliphatic heterocycles. The Morgan fingerprint density at radius 2 is 1.58 bits per heavy atom. The maximum absolute atomic E-state index is 13.0. The number of Topliss-reactive ketones (excluding diaryl/α,β-unsaturated/α-hetero) is 1. The van der Waals surface area contributed by atoms with Gasteiger partial charge >= 0.3 is 0 Å². The number of fused-ring (bicyclic) bond motifs is 2. The number of benzene rings is 3. The fourth-order valence-electron chi connectivity index (χ4n) is 4.28. The molecule has 0 radical (unpaired) electrons. The summed E-state index contributed by atoms with van der Waals surface area (Å²) in [6, 6.07) is 22.9. The zero-order chi connectivity index (χ0) is 21.7. The van der Waals surface area contributed by atoms with Crippen molar-refractivity contribution in [2.24, 2.45) is 0 Å². The summed E-state index contributed by atoms with van der Waals surface area (Å²) >= 11 is 0. The van der Waals surface area contributed by atoms with Crippen LogP contribution in [0.15, 0.2) is 82.0 Å². The number of aromatic nitrogens is 1. The van der Waals surface area contributed by atoms with Crippen molar-refractivity contribution in [3.05, 3.63) is 99.8 Å². The third-order valence-electron chi connectivity index (χ3n) is 5.76. The van der Waals surface area contributed by atoms with Gasteiger partial charge in [-0.1, -0.05) is 48.0 Å². The first-order chi connectivity index (χ1) is 14.9. The summed E-state index contributed by atoms with van der Waals surface area (Å²) in [5, 5.41) is 1.28. The molecule has 5 aromatic rings. The Morgan fingerprint density at radius 3 is 2.26 bits per heavy atom. The molecule has 0 atom stereocenters. The summed E-state index contributed by atoms with van der Waals surface area (Å²) in [6.45, 7) is 5.54. The van der Waals surface area contributed by atoms with Crippen molar-refractivity contribution >= 4 is 27.7 Å². The van der Waals surface area contributed by atoms with Gasteiger partial charge in [-0.25, -0.2) is 0 Å². The number of hydrogen-bond acceptors (Lipinski definition) is 3. The molecule has 0 unspecified atom stereocenters. The number of carbonyl (C=O) groups is 1. The second kappa shape index (κ2) is 7.10. The van der Waals surface area contributed by atoms with Gasteiger partial charge in [0.1, 0.15) is 11.3 Å². The summed E-state index contributed by atoms with van der Waals surface area (Å²) < 4.78 is 8.16. The van der Waals surface area contributed by atoms with Gasteiger partial charge in [0.25, 0.3) is 0 Å². The molecule has 2 heterocycles. The highest BCUT2D eigenvalue weighted by molar-refractivity contribution is 6.11. The zero-order valence-electron chi connectivity index (χ0n) is 17.6. The molecule has 0 N–H and O–H groups in total. The number of aryl methyl sites for hydroxylation is 1. The molecular weight excluding hydrogens is 386 g/mol. The van der Waals surface area contributed by atoms with Crippen LogP contribution in [-0.4, -0.2) is 10.4 Å².